The summed E-state index contributed by atoms with van der Waals surface area (Å²) in [6, 6.07) is 5.37. The summed E-state index contributed by atoms with van der Waals surface area (Å²) in [6.45, 7) is 7.27. The van der Waals surface area contributed by atoms with Gasteiger partial charge in [0.25, 0.3) is 0 Å². The van der Waals surface area contributed by atoms with Crippen molar-refractivity contribution >= 4 is 0 Å². The Kier molecular flexibility index (Phi) is 3.32. The van der Waals surface area contributed by atoms with Crippen molar-refractivity contribution in [2.24, 2.45) is 0 Å². The van der Waals surface area contributed by atoms with Crippen LogP contribution < -0.4 is 0 Å². The maximum Gasteiger partial charge on any atom is 0.182 e. The lowest BCUT2D eigenvalue weighted by atomic mass is 10.0. The fourth-order valence-corrected chi connectivity index (χ4v) is 1.24. The standard InChI is InChI=1S/C12H13O/c1-3-5-10-7-8-12(13)11(9-10)6-4-2/h3-4,7-9H,1-2,5-6H2. The van der Waals surface area contributed by atoms with Crippen LogP contribution in [0, 0.1) is 0 Å². The van der Waals surface area contributed by atoms with E-state index in [2.05, 4.69) is 13.2 Å². The van der Waals surface area contributed by atoms with E-state index in [4.69, 9.17) is 0 Å². The molecule has 1 aromatic carbocycles. The van der Waals surface area contributed by atoms with Crippen LogP contribution in [0.3, 0.4) is 0 Å². The zero-order valence-corrected chi connectivity index (χ0v) is 7.62. The summed E-state index contributed by atoms with van der Waals surface area (Å²) in [6.07, 6.45) is 5.03. The van der Waals surface area contributed by atoms with E-state index in [1.165, 1.54) is 0 Å². The van der Waals surface area contributed by atoms with Gasteiger partial charge in [0.15, 0.2) is 5.75 Å². The van der Waals surface area contributed by atoms with E-state index in [0.29, 0.717) is 6.42 Å². The van der Waals surface area contributed by atoms with E-state index in [9.17, 15) is 5.11 Å². The van der Waals surface area contributed by atoms with Crippen LogP contribution >= 0.6 is 0 Å². The van der Waals surface area contributed by atoms with Gasteiger partial charge in [-0.3, -0.25) is 5.11 Å². The van der Waals surface area contributed by atoms with Crippen molar-refractivity contribution in [3.8, 4) is 5.75 Å². The van der Waals surface area contributed by atoms with Crippen LogP contribution in [0.1, 0.15) is 11.1 Å². The van der Waals surface area contributed by atoms with Crippen LogP contribution in [0.25, 0.3) is 0 Å². The van der Waals surface area contributed by atoms with E-state index in [1.54, 1.807) is 12.1 Å². The lowest BCUT2D eigenvalue weighted by Gasteiger charge is -2.01. The first-order valence-corrected chi connectivity index (χ1v) is 4.28. The molecule has 0 bridgehead atoms. The number of benzene rings is 1. The maximum absolute atomic E-state index is 11.3. The van der Waals surface area contributed by atoms with Crippen molar-refractivity contribution in [2.45, 2.75) is 12.8 Å². The van der Waals surface area contributed by atoms with E-state index in [1.807, 2.05) is 18.2 Å². The smallest absolute Gasteiger partial charge is 0.182 e. The first-order chi connectivity index (χ1) is 6.27. The molecule has 0 heterocycles. The second kappa shape index (κ2) is 4.51. The molecule has 0 aliphatic rings. The summed E-state index contributed by atoms with van der Waals surface area (Å²) < 4.78 is 0. The molecule has 0 aliphatic heterocycles. The number of hydrogen-bond acceptors (Lipinski definition) is 0. The summed E-state index contributed by atoms with van der Waals surface area (Å²) in [4.78, 5) is 0. The van der Waals surface area contributed by atoms with Gasteiger partial charge >= 0.3 is 0 Å². The summed E-state index contributed by atoms with van der Waals surface area (Å²) in [5.74, 6) is 0.0905. The largest absolute Gasteiger partial charge is 0.290 e. The predicted octanol–water partition coefficient (Wildman–Crippen LogP) is 3.29. The van der Waals surface area contributed by atoms with Crippen molar-refractivity contribution in [3.63, 3.8) is 0 Å². The Morgan fingerprint density at radius 1 is 1.15 bits per heavy atom. The second-order valence-corrected chi connectivity index (χ2v) is 2.93. The highest BCUT2D eigenvalue weighted by atomic mass is 16.3. The first kappa shape index (κ1) is 9.59. The van der Waals surface area contributed by atoms with Gasteiger partial charge in [-0.1, -0.05) is 24.3 Å². The highest BCUT2D eigenvalue weighted by Crippen LogP contribution is 2.20. The van der Waals surface area contributed by atoms with Crippen LogP contribution in [0.4, 0.5) is 0 Å². The molecule has 1 aromatic rings. The molecule has 0 atom stereocenters. The molecule has 13 heavy (non-hydrogen) atoms. The van der Waals surface area contributed by atoms with Gasteiger partial charge in [-0.25, -0.2) is 0 Å². The quantitative estimate of drug-likeness (QED) is 0.623. The van der Waals surface area contributed by atoms with E-state index >= 15 is 0 Å². The molecule has 0 saturated carbocycles. The van der Waals surface area contributed by atoms with Gasteiger partial charge in [0, 0.05) is 5.56 Å². The minimum Gasteiger partial charge on any atom is -0.290 e. The Hall–Kier alpha value is -1.50. The minimum atomic E-state index is 0.0905. The molecule has 0 saturated heterocycles. The van der Waals surface area contributed by atoms with E-state index in [-0.39, 0.29) is 5.75 Å². The van der Waals surface area contributed by atoms with Crippen LogP contribution in [0.5, 0.6) is 5.75 Å². The molecule has 0 unspecified atom stereocenters. The van der Waals surface area contributed by atoms with Crippen molar-refractivity contribution < 1.29 is 5.11 Å². The van der Waals surface area contributed by atoms with Crippen molar-refractivity contribution in [2.75, 3.05) is 0 Å². The summed E-state index contributed by atoms with van der Waals surface area (Å²) >= 11 is 0. The van der Waals surface area contributed by atoms with E-state index < -0.39 is 0 Å². The first-order valence-electron chi connectivity index (χ1n) is 4.28. The Morgan fingerprint density at radius 3 is 2.46 bits per heavy atom. The topological polar surface area (TPSA) is 19.9 Å². The van der Waals surface area contributed by atoms with Crippen molar-refractivity contribution in [1.29, 1.82) is 0 Å². The molecule has 0 amide bonds. The maximum atomic E-state index is 11.3. The van der Waals surface area contributed by atoms with Crippen LogP contribution in [-0.4, -0.2) is 0 Å². The Balaban J connectivity index is 2.95. The Bertz CT molecular complexity index is 313. The summed E-state index contributed by atoms with van der Waals surface area (Å²) in [7, 11) is 0. The zero-order valence-electron chi connectivity index (χ0n) is 7.62. The van der Waals surface area contributed by atoms with Crippen molar-refractivity contribution in [3.05, 3.63) is 54.6 Å². The van der Waals surface area contributed by atoms with Gasteiger partial charge in [-0.05, 0) is 24.5 Å². The molecule has 1 heteroatoms. The summed E-state index contributed by atoms with van der Waals surface area (Å²) in [5.41, 5.74) is 1.95. The highest BCUT2D eigenvalue weighted by Gasteiger charge is 2.01. The summed E-state index contributed by atoms with van der Waals surface area (Å²) in [5, 5.41) is 11.3. The number of allylic oxidation sites excluding steroid dienone is 2. The fourth-order valence-electron chi connectivity index (χ4n) is 1.24. The number of rotatable bonds is 4. The van der Waals surface area contributed by atoms with Gasteiger partial charge in [0.05, 0.1) is 0 Å². The molecule has 0 fully saturated rings. The zero-order chi connectivity index (χ0) is 9.68. The van der Waals surface area contributed by atoms with Gasteiger partial charge in [0.1, 0.15) is 0 Å². The van der Waals surface area contributed by atoms with Crippen LogP contribution in [-0.2, 0) is 17.9 Å². The lowest BCUT2D eigenvalue weighted by molar-refractivity contribution is 0.350. The molecule has 0 spiro atoms. The molecule has 1 radical (unpaired) electrons. The average Bonchev–Trinajstić information content (AvgIpc) is 2.12. The third-order valence-corrected chi connectivity index (χ3v) is 1.87. The lowest BCUT2D eigenvalue weighted by Crippen LogP contribution is -1.86. The molecule has 0 N–H and O–H groups in total. The fraction of sp³-hybridized carbons (Fsp3) is 0.167. The Labute approximate surface area is 79.0 Å². The van der Waals surface area contributed by atoms with E-state index in [0.717, 1.165) is 17.5 Å². The van der Waals surface area contributed by atoms with Gasteiger partial charge in [0.2, 0.25) is 0 Å². The minimum absolute atomic E-state index is 0.0905. The molecule has 67 valence electrons. The molecular formula is C12H13O. The average molecular weight is 173 g/mol. The Morgan fingerprint density at radius 2 is 1.85 bits per heavy atom. The highest BCUT2D eigenvalue weighted by molar-refractivity contribution is 5.37. The molecule has 0 aromatic heterocycles. The molecule has 1 rings (SSSR count). The van der Waals surface area contributed by atoms with Gasteiger partial charge < -0.3 is 0 Å². The normalized spacial score (nSPS) is 9.54. The number of hydrogen-bond donors (Lipinski definition) is 0. The SMILES string of the molecule is C=CCc1ccc([O])c(CC=C)c1. The van der Waals surface area contributed by atoms with Crippen molar-refractivity contribution in [1.82, 2.24) is 0 Å². The monoisotopic (exact) mass is 173 g/mol. The van der Waals surface area contributed by atoms with Crippen LogP contribution in [0.15, 0.2) is 43.5 Å². The third-order valence-electron chi connectivity index (χ3n) is 1.87. The molecule has 0 aliphatic carbocycles. The van der Waals surface area contributed by atoms with Gasteiger partial charge in [-0.15, -0.1) is 13.2 Å². The molecule has 1 nitrogen and oxygen atoms in total. The van der Waals surface area contributed by atoms with Crippen LogP contribution in [0.2, 0.25) is 0 Å². The predicted molar refractivity (Wildman–Crippen MR) is 54.4 cm³/mol. The third kappa shape index (κ3) is 2.48. The van der Waals surface area contributed by atoms with Gasteiger partial charge in [-0.2, -0.15) is 0 Å². The second-order valence-electron chi connectivity index (χ2n) is 2.93. The molecular weight excluding hydrogens is 160 g/mol.